The normalized spacial score (nSPS) is 26.6. The fourth-order valence-electron chi connectivity index (χ4n) is 1.68. The number of hydrogen-bond donors (Lipinski definition) is 3. The van der Waals surface area contributed by atoms with E-state index in [1.807, 2.05) is 0 Å². The molecular formula is C10H18N2O4. The summed E-state index contributed by atoms with van der Waals surface area (Å²) in [7, 11) is 0. The number of nitrogens with one attached hydrogen (secondary N) is 1. The van der Waals surface area contributed by atoms with Crippen molar-refractivity contribution in [3.8, 4) is 0 Å². The van der Waals surface area contributed by atoms with Crippen molar-refractivity contribution >= 4 is 12.0 Å². The number of hydrogen-bond acceptors (Lipinski definition) is 3. The number of nitrogens with zero attached hydrogens (tertiary/aromatic N) is 1. The summed E-state index contributed by atoms with van der Waals surface area (Å²) in [5, 5.41) is 19.8. The molecule has 1 saturated heterocycles. The van der Waals surface area contributed by atoms with Crippen molar-refractivity contribution < 1.29 is 19.8 Å². The second-order valence-electron chi connectivity index (χ2n) is 4.40. The second kappa shape index (κ2) is 5.16. The Balaban J connectivity index is 2.34. The summed E-state index contributed by atoms with van der Waals surface area (Å²) in [4.78, 5) is 23.5. The van der Waals surface area contributed by atoms with Crippen LogP contribution in [0.1, 0.15) is 13.8 Å². The number of likely N-dealkylation sites (tertiary alicyclic amines) is 1. The van der Waals surface area contributed by atoms with Gasteiger partial charge in [-0.3, -0.25) is 0 Å². The zero-order valence-corrected chi connectivity index (χ0v) is 9.51. The van der Waals surface area contributed by atoms with Crippen LogP contribution in [0.5, 0.6) is 0 Å². The number of aliphatic hydroxyl groups excluding tert-OH is 1. The second-order valence-corrected chi connectivity index (χ2v) is 4.40. The van der Waals surface area contributed by atoms with Crippen molar-refractivity contribution in [1.29, 1.82) is 0 Å². The molecule has 6 heteroatoms. The van der Waals surface area contributed by atoms with Gasteiger partial charge in [-0.05, 0) is 11.8 Å². The van der Waals surface area contributed by atoms with Gasteiger partial charge < -0.3 is 20.4 Å². The van der Waals surface area contributed by atoms with Crippen LogP contribution in [0.4, 0.5) is 4.79 Å². The van der Waals surface area contributed by atoms with Crippen molar-refractivity contribution in [2.75, 3.05) is 19.6 Å². The van der Waals surface area contributed by atoms with Crippen molar-refractivity contribution in [3.05, 3.63) is 0 Å². The predicted molar refractivity (Wildman–Crippen MR) is 56.9 cm³/mol. The van der Waals surface area contributed by atoms with Crippen molar-refractivity contribution in [2.24, 2.45) is 11.8 Å². The maximum absolute atomic E-state index is 11.6. The maximum atomic E-state index is 11.6. The smallest absolute Gasteiger partial charge is 0.334 e. The molecule has 3 atom stereocenters. The van der Waals surface area contributed by atoms with E-state index in [0.29, 0.717) is 24.9 Å². The molecule has 2 amide bonds. The Bertz CT molecular complexity index is 272. The van der Waals surface area contributed by atoms with E-state index in [4.69, 9.17) is 10.2 Å². The molecule has 0 aromatic rings. The number of carboxylic acids is 1. The lowest BCUT2D eigenvalue weighted by atomic mass is 10.0. The molecule has 6 nitrogen and oxygen atoms in total. The number of carboxylic acid groups (broad SMARTS) is 1. The van der Waals surface area contributed by atoms with Crippen LogP contribution in [-0.4, -0.2) is 52.9 Å². The minimum atomic E-state index is -1.54. The number of rotatable bonds is 3. The number of carbonyl (C=O) groups is 2. The molecule has 16 heavy (non-hydrogen) atoms. The van der Waals surface area contributed by atoms with Crippen LogP contribution in [0, 0.1) is 11.8 Å². The average Bonchev–Trinajstić information content (AvgIpc) is 2.55. The fourth-order valence-corrected chi connectivity index (χ4v) is 1.68. The van der Waals surface area contributed by atoms with E-state index < -0.39 is 12.1 Å². The number of amides is 2. The van der Waals surface area contributed by atoms with Crippen LogP contribution in [0.2, 0.25) is 0 Å². The third-order valence-corrected chi connectivity index (χ3v) is 3.01. The first-order valence-electron chi connectivity index (χ1n) is 5.35. The number of carbonyl (C=O) groups excluding carboxylic acids is 1. The van der Waals surface area contributed by atoms with Gasteiger partial charge in [0.2, 0.25) is 0 Å². The monoisotopic (exact) mass is 230 g/mol. The molecule has 0 saturated carbocycles. The van der Waals surface area contributed by atoms with Crippen LogP contribution in [0.25, 0.3) is 0 Å². The summed E-state index contributed by atoms with van der Waals surface area (Å²) in [5.41, 5.74) is 0. The highest BCUT2D eigenvalue weighted by Gasteiger charge is 2.29. The summed E-state index contributed by atoms with van der Waals surface area (Å²) in [5.74, 6) is -0.422. The predicted octanol–water partition coefficient (Wildman–Crippen LogP) is -0.271. The third kappa shape index (κ3) is 3.10. The van der Waals surface area contributed by atoms with Gasteiger partial charge in [-0.25, -0.2) is 9.59 Å². The van der Waals surface area contributed by atoms with E-state index in [0.717, 1.165) is 0 Å². The van der Waals surface area contributed by atoms with Gasteiger partial charge in [0, 0.05) is 13.1 Å². The Morgan fingerprint density at radius 1 is 1.38 bits per heavy atom. The molecule has 1 fully saturated rings. The van der Waals surface area contributed by atoms with Crippen molar-refractivity contribution in [3.63, 3.8) is 0 Å². The molecule has 1 aliphatic heterocycles. The Kier molecular flexibility index (Phi) is 4.12. The molecule has 2 unspecified atom stereocenters. The SMILES string of the molecule is CC1CN(C(=O)NC[C@H](O)C(=O)O)CC1C. The van der Waals surface area contributed by atoms with Gasteiger partial charge in [0.15, 0.2) is 6.10 Å². The lowest BCUT2D eigenvalue weighted by Crippen LogP contribution is -2.43. The Hall–Kier alpha value is -1.30. The molecule has 0 aromatic heterocycles. The quantitative estimate of drug-likeness (QED) is 0.622. The molecule has 0 aliphatic carbocycles. The van der Waals surface area contributed by atoms with E-state index in [1.54, 1.807) is 4.90 Å². The van der Waals surface area contributed by atoms with Gasteiger partial charge in [-0.1, -0.05) is 13.8 Å². The molecule has 92 valence electrons. The van der Waals surface area contributed by atoms with Crippen molar-refractivity contribution in [1.82, 2.24) is 10.2 Å². The minimum absolute atomic E-state index is 0.257. The van der Waals surface area contributed by atoms with Gasteiger partial charge in [0.05, 0.1) is 6.54 Å². The van der Waals surface area contributed by atoms with Crippen LogP contribution < -0.4 is 5.32 Å². The standard InChI is InChI=1S/C10H18N2O4/c1-6-4-12(5-7(6)2)10(16)11-3-8(13)9(14)15/h6-8,13H,3-5H2,1-2H3,(H,11,16)(H,14,15)/t6?,7?,8-/m0/s1. The van der Waals surface area contributed by atoms with E-state index in [1.165, 1.54) is 0 Å². The highest BCUT2D eigenvalue weighted by molar-refractivity contribution is 5.77. The lowest BCUT2D eigenvalue weighted by molar-refractivity contribution is -0.146. The largest absolute Gasteiger partial charge is 0.479 e. The van der Waals surface area contributed by atoms with E-state index in [2.05, 4.69) is 19.2 Å². The molecule has 0 aromatic carbocycles. The number of aliphatic carboxylic acids is 1. The van der Waals surface area contributed by atoms with Gasteiger partial charge in [0.25, 0.3) is 0 Å². The Labute approximate surface area is 94.2 Å². The molecule has 1 aliphatic rings. The molecule has 1 heterocycles. The van der Waals surface area contributed by atoms with Gasteiger partial charge in [0.1, 0.15) is 0 Å². The lowest BCUT2D eigenvalue weighted by Gasteiger charge is -2.17. The first-order chi connectivity index (χ1) is 7.41. The van der Waals surface area contributed by atoms with Gasteiger partial charge >= 0.3 is 12.0 Å². The van der Waals surface area contributed by atoms with Crippen LogP contribution in [0.15, 0.2) is 0 Å². The van der Waals surface area contributed by atoms with Crippen molar-refractivity contribution in [2.45, 2.75) is 20.0 Å². The molecule has 3 N–H and O–H groups in total. The van der Waals surface area contributed by atoms with Gasteiger partial charge in [-0.15, -0.1) is 0 Å². The zero-order chi connectivity index (χ0) is 12.3. The average molecular weight is 230 g/mol. The van der Waals surface area contributed by atoms with Crippen LogP contribution in [-0.2, 0) is 4.79 Å². The molecular weight excluding hydrogens is 212 g/mol. The van der Waals surface area contributed by atoms with E-state index in [9.17, 15) is 9.59 Å². The highest BCUT2D eigenvalue weighted by atomic mass is 16.4. The molecule has 1 rings (SSSR count). The van der Waals surface area contributed by atoms with Crippen LogP contribution in [0.3, 0.4) is 0 Å². The first kappa shape index (κ1) is 12.8. The minimum Gasteiger partial charge on any atom is -0.479 e. The maximum Gasteiger partial charge on any atom is 0.334 e. The fraction of sp³-hybridized carbons (Fsp3) is 0.800. The summed E-state index contributed by atoms with van der Waals surface area (Å²) in [6.45, 7) is 5.24. The zero-order valence-electron chi connectivity index (χ0n) is 9.51. The van der Waals surface area contributed by atoms with Crippen LogP contribution >= 0.6 is 0 Å². The Morgan fingerprint density at radius 2 is 1.88 bits per heavy atom. The first-order valence-corrected chi connectivity index (χ1v) is 5.35. The molecule has 0 spiro atoms. The molecule has 0 bridgehead atoms. The topological polar surface area (TPSA) is 89.9 Å². The highest BCUT2D eigenvalue weighted by Crippen LogP contribution is 2.21. The Morgan fingerprint density at radius 3 is 2.31 bits per heavy atom. The molecule has 0 radical (unpaired) electrons. The number of urea groups is 1. The summed E-state index contributed by atoms with van der Waals surface area (Å²) >= 11 is 0. The summed E-state index contributed by atoms with van der Waals surface area (Å²) in [6.07, 6.45) is -1.54. The van der Waals surface area contributed by atoms with Gasteiger partial charge in [-0.2, -0.15) is 0 Å². The summed E-state index contributed by atoms with van der Waals surface area (Å²) < 4.78 is 0. The number of aliphatic hydroxyl groups is 1. The van der Waals surface area contributed by atoms with E-state index in [-0.39, 0.29) is 12.6 Å². The summed E-state index contributed by atoms with van der Waals surface area (Å²) in [6, 6.07) is -0.309. The van der Waals surface area contributed by atoms with E-state index >= 15 is 0 Å². The third-order valence-electron chi connectivity index (χ3n) is 3.01.